The molecule has 0 radical (unpaired) electrons. The van der Waals surface area contributed by atoms with Crippen LogP contribution in [-0.4, -0.2) is 28.3 Å². The molecule has 0 saturated carbocycles. The lowest BCUT2D eigenvalue weighted by molar-refractivity contribution is 0.326. The van der Waals surface area contributed by atoms with Gasteiger partial charge in [0.05, 0.1) is 11.5 Å². The van der Waals surface area contributed by atoms with Crippen LogP contribution in [0.5, 0.6) is 0 Å². The predicted octanol–water partition coefficient (Wildman–Crippen LogP) is -2.57. The first-order valence-electron chi connectivity index (χ1n) is 2.55. The molecule has 0 aliphatic carbocycles. The van der Waals surface area contributed by atoms with E-state index in [2.05, 4.69) is 20.4 Å². The lowest BCUT2D eigenvalue weighted by Crippen LogP contribution is -2.24. The molecule has 0 amide bonds. The van der Waals surface area contributed by atoms with Gasteiger partial charge >= 0.3 is 0 Å². The van der Waals surface area contributed by atoms with Gasteiger partial charge in [0.2, 0.25) is 0 Å². The van der Waals surface area contributed by atoms with E-state index in [4.69, 9.17) is 0 Å². The van der Waals surface area contributed by atoms with Gasteiger partial charge in [-0.2, -0.15) is 37.2 Å². The van der Waals surface area contributed by atoms with Crippen molar-refractivity contribution in [1.29, 1.82) is 0 Å². The van der Waals surface area contributed by atoms with Gasteiger partial charge < -0.3 is 0 Å². The first kappa shape index (κ1) is 11.7. The average Bonchev–Trinajstić information content (AvgIpc) is 2.02. The van der Waals surface area contributed by atoms with Crippen LogP contribution in [0.15, 0.2) is 0 Å². The van der Waals surface area contributed by atoms with Crippen LogP contribution >= 0.6 is 0 Å². The van der Waals surface area contributed by atoms with Gasteiger partial charge in [-0.25, -0.2) is 0 Å². The Morgan fingerprint density at radius 1 is 0.833 bits per heavy atom. The Bertz CT molecular complexity index is 281. The minimum absolute atomic E-state index is 0.803. The number of hydrogen-bond acceptors (Lipinski definition) is 8. The molecule has 0 aliphatic rings. The van der Waals surface area contributed by atoms with Crippen molar-refractivity contribution in [3.63, 3.8) is 0 Å². The summed E-state index contributed by atoms with van der Waals surface area (Å²) in [5, 5.41) is 0. The van der Waals surface area contributed by atoms with Crippen molar-refractivity contribution in [2.75, 3.05) is 11.5 Å². The van der Waals surface area contributed by atoms with Gasteiger partial charge in [0.1, 0.15) is 0 Å². The molecular weight excluding hydrogens is 212 g/mol. The van der Waals surface area contributed by atoms with E-state index in [0.717, 1.165) is 0 Å². The number of rotatable bonds is 5. The van der Waals surface area contributed by atoms with Gasteiger partial charge in [-0.15, -0.1) is 0 Å². The normalized spacial score (nSPS) is 13.2. The highest BCUT2D eigenvalue weighted by Gasteiger charge is 2.17. The molecule has 0 saturated heterocycles. The van der Waals surface area contributed by atoms with Crippen molar-refractivity contribution in [3.05, 3.63) is 0 Å². The van der Waals surface area contributed by atoms with Gasteiger partial charge in [0, 0.05) is 0 Å². The van der Waals surface area contributed by atoms with Crippen molar-refractivity contribution in [2.45, 2.75) is 0 Å². The highest BCUT2D eigenvalue weighted by molar-refractivity contribution is 7.90. The molecule has 0 fully saturated rings. The molecule has 0 bridgehead atoms. The van der Waals surface area contributed by atoms with Crippen LogP contribution in [0.2, 0.25) is 0 Å². The first-order chi connectivity index (χ1) is 5.33. The molecule has 0 aliphatic heterocycles. The monoisotopic (exact) mass is 220 g/mol. The van der Waals surface area contributed by atoms with Crippen LogP contribution in [0.4, 0.5) is 0 Å². The molecule has 4 N–H and O–H groups in total. The van der Waals surface area contributed by atoms with E-state index in [1.807, 2.05) is 0 Å². The summed E-state index contributed by atoms with van der Waals surface area (Å²) >= 11 is 0. The zero-order valence-corrected chi connectivity index (χ0v) is 7.47. The third-order valence-corrected chi connectivity index (χ3v) is 3.13. The van der Waals surface area contributed by atoms with Gasteiger partial charge in [0.25, 0.3) is 20.2 Å². The van der Waals surface area contributed by atoms with Crippen molar-refractivity contribution < 1.29 is 25.4 Å². The Hall–Kier alpha value is -0.260. The van der Waals surface area contributed by atoms with E-state index in [9.17, 15) is 16.8 Å². The highest BCUT2D eigenvalue weighted by atomic mass is 32.2. The first-order valence-corrected chi connectivity index (χ1v) is 5.70. The molecule has 74 valence electrons. The lowest BCUT2D eigenvalue weighted by atomic mass is 11.0. The Morgan fingerprint density at radius 3 is 1.25 bits per heavy atom. The molecule has 0 atom stereocenters. The fourth-order valence-corrected chi connectivity index (χ4v) is 2.13. The molecule has 0 spiro atoms. The third-order valence-electron chi connectivity index (χ3n) is 0.877. The molecule has 0 rings (SSSR count). The molecule has 0 aromatic rings. The quantitative estimate of drug-likeness (QED) is 0.482. The zero-order chi connectivity index (χ0) is 9.83. The summed E-state index contributed by atoms with van der Waals surface area (Å²) in [6, 6.07) is 0. The second-order valence-corrected chi connectivity index (χ2v) is 5.15. The predicted molar refractivity (Wildman–Crippen MR) is 38.1 cm³/mol. The van der Waals surface area contributed by atoms with E-state index >= 15 is 0 Å². The van der Waals surface area contributed by atoms with E-state index < -0.39 is 31.7 Å². The molecule has 12 heavy (non-hydrogen) atoms. The molecule has 0 unspecified atom stereocenters. The molecule has 10 heteroatoms. The van der Waals surface area contributed by atoms with Crippen molar-refractivity contribution >= 4 is 20.2 Å². The largest absolute Gasteiger partial charge is 0.284 e. The Morgan fingerprint density at radius 2 is 1.08 bits per heavy atom. The number of nitrogens with two attached hydrogens (primary N) is 2. The summed E-state index contributed by atoms with van der Waals surface area (Å²) in [6.45, 7) is 0. The van der Waals surface area contributed by atoms with Gasteiger partial charge in [-0.1, -0.05) is 0 Å². The van der Waals surface area contributed by atoms with E-state index in [0.29, 0.717) is 0 Å². The van der Waals surface area contributed by atoms with Crippen LogP contribution in [0.3, 0.4) is 0 Å². The molecule has 0 aromatic heterocycles. The van der Waals surface area contributed by atoms with Crippen LogP contribution in [0, 0.1) is 0 Å². The maximum absolute atomic E-state index is 10.5. The molecule has 0 aromatic carbocycles. The lowest BCUT2D eigenvalue weighted by Gasteiger charge is -1.99. The van der Waals surface area contributed by atoms with Crippen LogP contribution in [-0.2, 0) is 28.8 Å². The van der Waals surface area contributed by atoms with Gasteiger partial charge in [-0.05, 0) is 0 Å². The third kappa shape index (κ3) is 4.58. The Kier molecular flexibility index (Phi) is 4.02. The second kappa shape index (κ2) is 4.11. The summed E-state index contributed by atoms with van der Waals surface area (Å²) in [7, 11) is -8.00. The molecular formula is C2H8N2O6S2. The second-order valence-electron chi connectivity index (χ2n) is 1.72. The Labute approximate surface area is 69.6 Å². The fourth-order valence-electron chi connectivity index (χ4n) is 0.300. The maximum Gasteiger partial charge on any atom is 0.284 e. The highest BCUT2D eigenvalue weighted by Crippen LogP contribution is 1.93. The maximum atomic E-state index is 10.5. The topological polar surface area (TPSA) is 139 Å². The smallest absolute Gasteiger partial charge is 0.198 e. The number of hydrogen-bond donors (Lipinski definition) is 2. The van der Waals surface area contributed by atoms with Crippen LogP contribution < -0.4 is 11.8 Å². The van der Waals surface area contributed by atoms with E-state index in [1.54, 1.807) is 0 Å². The Balaban J connectivity index is 4.20. The molecule has 8 nitrogen and oxygen atoms in total. The summed E-state index contributed by atoms with van der Waals surface area (Å²) in [4.78, 5) is 0. The van der Waals surface area contributed by atoms with Gasteiger partial charge in [-0.3, -0.25) is 0 Å². The van der Waals surface area contributed by atoms with Crippen molar-refractivity contribution in [2.24, 2.45) is 11.8 Å². The fraction of sp³-hybridized carbons (Fsp3) is 1.00. The van der Waals surface area contributed by atoms with Crippen molar-refractivity contribution in [1.82, 2.24) is 0 Å². The van der Waals surface area contributed by atoms with Crippen LogP contribution in [0.25, 0.3) is 0 Å². The summed E-state index contributed by atoms with van der Waals surface area (Å²) in [6.07, 6.45) is 0. The summed E-state index contributed by atoms with van der Waals surface area (Å²) in [5.74, 6) is 7.04. The van der Waals surface area contributed by atoms with Crippen molar-refractivity contribution in [3.8, 4) is 0 Å². The standard InChI is InChI=1S/C2H8N2O6S2/c3-9-11(5,6)1-2-12(7,8)10-4/h1-4H2. The SMILES string of the molecule is NOS(=O)(=O)CCS(=O)(=O)ON. The zero-order valence-electron chi connectivity index (χ0n) is 5.83. The summed E-state index contributed by atoms with van der Waals surface area (Å²) in [5.41, 5.74) is 0. The van der Waals surface area contributed by atoms with Crippen LogP contribution in [0.1, 0.15) is 0 Å². The minimum atomic E-state index is -4.00. The molecule has 0 heterocycles. The van der Waals surface area contributed by atoms with E-state index in [1.165, 1.54) is 0 Å². The summed E-state index contributed by atoms with van der Waals surface area (Å²) < 4.78 is 48.8. The van der Waals surface area contributed by atoms with Gasteiger partial charge in [0.15, 0.2) is 0 Å². The minimum Gasteiger partial charge on any atom is -0.198 e. The van der Waals surface area contributed by atoms with E-state index in [-0.39, 0.29) is 0 Å². The average molecular weight is 220 g/mol.